The molecular formula is C17H20BrFN2O. The average molecular weight is 367 g/mol. The van der Waals surface area contributed by atoms with Gasteiger partial charge in [0.25, 0.3) is 5.91 Å². The van der Waals surface area contributed by atoms with Crippen LogP contribution in [0.2, 0.25) is 0 Å². The summed E-state index contributed by atoms with van der Waals surface area (Å²) in [4.78, 5) is 14.5. The number of carbonyl (C=O) groups excluding carboxylic acids is 1. The van der Waals surface area contributed by atoms with Gasteiger partial charge >= 0.3 is 0 Å². The second kappa shape index (κ2) is 7.09. The first-order chi connectivity index (χ1) is 10.4. The van der Waals surface area contributed by atoms with E-state index in [4.69, 9.17) is 0 Å². The molecule has 0 spiro atoms. The second-order valence-corrected chi connectivity index (χ2v) is 6.41. The molecule has 0 radical (unpaired) electrons. The normalized spacial score (nSPS) is 11.0. The van der Waals surface area contributed by atoms with E-state index >= 15 is 0 Å². The van der Waals surface area contributed by atoms with Crippen LogP contribution in [0.15, 0.2) is 41.0 Å². The molecule has 0 unspecified atom stereocenters. The van der Waals surface area contributed by atoms with Gasteiger partial charge in [-0.25, -0.2) is 4.39 Å². The molecule has 22 heavy (non-hydrogen) atoms. The van der Waals surface area contributed by atoms with Gasteiger partial charge < -0.3 is 9.47 Å². The predicted molar refractivity (Wildman–Crippen MR) is 89.3 cm³/mol. The molecular weight excluding hydrogens is 347 g/mol. The molecule has 118 valence electrons. The molecule has 0 bridgehead atoms. The molecule has 0 saturated heterocycles. The molecule has 0 N–H and O–H groups in total. The Bertz CT molecular complexity index is 666. The highest BCUT2D eigenvalue weighted by Crippen LogP contribution is 2.21. The summed E-state index contributed by atoms with van der Waals surface area (Å²) in [5.41, 5.74) is 1.43. The van der Waals surface area contributed by atoms with Gasteiger partial charge in [0.2, 0.25) is 0 Å². The minimum Gasteiger partial charge on any atom is -0.340 e. The van der Waals surface area contributed by atoms with Crippen molar-refractivity contribution in [2.24, 2.45) is 0 Å². The van der Waals surface area contributed by atoms with Crippen LogP contribution < -0.4 is 0 Å². The lowest BCUT2D eigenvalue weighted by molar-refractivity contribution is 0.0740. The third-order valence-corrected chi connectivity index (χ3v) is 3.96. The van der Waals surface area contributed by atoms with E-state index in [0.29, 0.717) is 18.8 Å². The summed E-state index contributed by atoms with van der Waals surface area (Å²) in [6, 6.07) is 8.39. The number of amides is 1. The maximum atomic E-state index is 13.3. The standard InChI is InChI=1S/C17H20BrFN2O/c1-4-20(10-13-6-5-7-15(19)8-13)17(22)16-9-14(18)11-21(16)12(2)3/h5-9,11-12H,4,10H2,1-3H3. The van der Waals surface area contributed by atoms with Gasteiger partial charge in [-0.3, -0.25) is 4.79 Å². The van der Waals surface area contributed by atoms with Gasteiger partial charge in [-0.2, -0.15) is 0 Å². The predicted octanol–water partition coefficient (Wildman–Crippen LogP) is 4.63. The maximum absolute atomic E-state index is 13.3. The van der Waals surface area contributed by atoms with Gasteiger partial charge in [-0.1, -0.05) is 12.1 Å². The molecule has 0 aliphatic rings. The third kappa shape index (κ3) is 3.77. The van der Waals surface area contributed by atoms with Crippen molar-refractivity contribution in [3.63, 3.8) is 0 Å². The number of rotatable bonds is 5. The summed E-state index contributed by atoms with van der Waals surface area (Å²) in [5.74, 6) is -0.333. The molecule has 3 nitrogen and oxygen atoms in total. The smallest absolute Gasteiger partial charge is 0.270 e. The van der Waals surface area contributed by atoms with Crippen molar-refractivity contribution < 1.29 is 9.18 Å². The lowest BCUT2D eigenvalue weighted by atomic mass is 10.2. The van der Waals surface area contributed by atoms with Gasteiger partial charge in [-0.05, 0) is 60.5 Å². The molecule has 2 rings (SSSR count). The van der Waals surface area contributed by atoms with Gasteiger partial charge in [0.05, 0.1) is 0 Å². The minimum absolute atomic E-state index is 0.0499. The number of hydrogen-bond acceptors (Lipinski definition) is 1. The number of carbonyl (C=O) groups is 1. The number of hydrogen-bond donors (Lipinski definition) is 0. The fraction of sp³-hybridized carbons (Fsp3) is 0.353. The Hall–Kier alpha value is -1.62. The highest BCUT2D eigenvalue weighted by molar-refractivity contribution is 9.10. The van der Waals surface area contributed by atoms with Crippen LogP contribution in [0.25, 0.3) is 0 Å². The van der Waals surface area contributed by atoms with Crippen LogP contribution in [0.4, 0.5) is 4.39 Å². The van der Waals surface area contributed by atoms with Crippen LogP contribution in [0, 0.1) is 5.82 Å². The summed E-state index contributed by atoms with van der Waals surface area (Å²) in [6.45, 7) is 6.96. The van der Waals surface area contributed by atoms with Gasteiger partial charge in [-0.15, -0.1) is 0 Å². The molecule has 0 fully saturated rings. The summed E-state index contributed by atoms with van der Waals surface area (Å²) in [5, 5.41) is 0. The molecule has 0 atom stereocenters. The average Bonchev–Trinajstić information content (AvgIpc) is 2.86. The van der Waals surface area contributed by atoms with Gasteiger partial charge in [0, 0.05) is 29.8 Å². The van der Waals surface area contributed by atoms with Gasteiger partial charge in [0.1, 0.15) is 11.5 Å². The van der Waals surface area contributed by atoms with E-state index in [1.165, 1.54) is 12.1 Å². The molecule has 1 heterocycles. The van der Waals surface area contributed by atoms with Gasteiger partial charge in [0.15, 0.2) is 0 Å². The zero-order valence-corrected chi connectivity index (χ0v) is 14.6. The van der Waals surface area contributed by atoms with Crippen LogP contribution >= 0.6 is 15.9 Å². The number of halogens is 2. The first kappa shape index (κ1) is 16.7. The fourth-order valence-electron chi connectivity index (χ4n) is 2.39. The molecule has 1 amide bonds. The Morgan fingerprint density at radius 1 is 1.36 bits per heavy atom. The molecule has 5 heteroatoms. The topological polar surface area (TPSA) is 25.2 Å². The lowest BCUT2D eigenvalue weighted by Gasteiger charge is -2.23. The van der Waals surface area contributed by atoms with E-state index in [1.807, 2.05) is 43.7 Å². The molecule has 1 aromatic heterocycles. The Labute approximate surface area is 138 Å². The number of benzene rings is 1. The van der Waals surface area contributed by atoms with Crippen LogP contribution in [-0.4, -0.2) is 21.9 Å². The quantitative estimate of drug-likeness (QED) is 0.756. The molecule has 2 aromatic rings. The zero-order chi connectivity index (χ0) is 16.3. The van der Waals surface area contributed by atoms with Crippen LogP contribution in [0.5, 0.6) is 0 Å². The summed E-state index contributed by atoms with van der Waals surface area (Å²) in [6.07, 6.45) is 1.91. The molecule has 0 aliphatic heterocycles. The first-order valence-corrected chi connectivity index (χ1v) is 8.12. The summed E-state index contributed by atoms with van der Waals surface area (Å²) in [7, 11) is 0. The molecule has 0 saturated carbocycles. The Morgan fingerprint density at radius 2 is 2.09 bits per heavy atom. The summed E-state index contributed by atoms with van der Waals surface area (Å²) < 4.78 is 16.1. The second-order valence-electron chi connectivity index (χ2n) is 5.49. The summed E-state index contributed by atoms with van der Waals surface area (Å²) >= 11 is 3.43. The Kier molecular flexibility index (Phi) is 5.40. The molecule has 0 aliphatic carbocycles. The highest BCUT2D eigenvalue weighted by atomic mass is 79.9. The van der Waals surface area contributed by atoms with Crippen molar-refractivity contribution in [1.82, 2.24) is 9.47 Å². The monoisotopic (exact) mass is 366 g/mol. The lowest BCUT2D eigenvalue weighted by Crippen LogP contribution is -2.32. The van der Waals surface area contributed by atoms with E-state index < -0.39 is 0 Å². The van der Waals surface area contributed by atoms with Crippen molar-refractivity contribution in [3.8, 4) is 0 Å². The van der Waals surface area contributed by atoms with Crippen molar-refractivity contribution >= 4 is 21.8 Å². The van der Waals surface area contributed by atoms with Crippen molar-refractivity contribution in [3.05, 3.63) is 58.1 Å². The number of nitrogens with zero attached hydrogens (tertiary/aromatic N) is 2. The minimum atomic E-state index is -0.283. The zero-order valence-electron chi connectivity index (χ0n) is 13.0. The van der Waals surface area contributed by atoms with E-state index in [-0.39, 0.29) is 17.8 Å². The third-order valence-electron chi connectivity index (χ3n) is 3.52. The van der Waals surface area contributed by atoms with E-state index in [2.05, 4.69) is 15.9 Å². The van der Waals surface area contributed by atoms with E-state index in [1.54, 1.807) is 11.0 Å². The van der Waals surface area contributed by atoms with Crippen molar-refractivity contribution in [2.75, 3.05) is 6.54 Å². The van der Waals surface area contributed by atoms with Crippen LogP contribution in [-0.2, 0) is 6.54 Å². The molecule has 1 aromatic carbocycles. The Balaban J connectivity index is 2.26. The van der Waals surface area contributed by atoms with Crippen molar-refractivity contribution in [1.29, 1.82) is 0 Å². The largest absolute Gasteiger partial charge is 0.340 e. The van der Waals surface area contributed by atoms with Crippen molar-refractivity contribution in [2.45, 2.75) is 33.4 Å². The van der Waals surface area contributed by atoms with E-state index in [9.17, 15) is 9.18 Å². The first-order valence-electron chi connectivity index (χ1n) is 7.33. The Morgan fingerprint density at radius 3 is 2.68 bits per heavy atom. The maximum Gasteiger partial charge on any atom is 0.270 e. The number of aromatic nitrogens is 1. The van der Waals surface area contributed by atoms with Crippen LogP contribution in [0.3, 0.4) is 0 Å². The van der Waals surface area contributed by atoms with E-state index in [0.717, 1.165) is 10.0 Å². The SMILES string of the molecule is CCN(Cc1cccc(F)c1)C(=O)c1cc(Br)cn1C(C)C. The highest BCUT2D eigenvalue weighted by Gasteiger charge is 2.20. The fourth-order valence-corrected chi connectivity index (χ4v) is 2.83. The van der Waals surface area contributed by atoms with Crippen LogP contribution in [0.1, 0.15) is 42.9 Å².